The molecule has 1 aliphatic carbocycles. The first-order valence-electron chi connectivity index (χ1n) is 10.1. The third-order valence-corrected chi connectivity index (χ3v) is 6.39. The SMILES string of the molecule is Cc1cc(-c2[nH]c3ccc(C4CN=C5CC54)cc3c2C(C)C)cn2ncnc12. The number of aromatic nitrogens is 4. The van der Waals surface area contributed by atoms with E-state index in [9.17, 15) is 0 Å². The monoisotopic (exact) mass is 369 g/mol. The van der Waals surface area contributed by atoms with Crippen molar-refractivity contribution in [3.8, 4) is 11.3 Å². The van der Waals surface area contributed by atoms with E-state index < -0.39 is 0 Å². The van der Waals surface area contributed by atoms with Crippen molar-refractivity contribution in [3.05, 3.63) is 53.5 Å². The second-order valence-corrected chi connectivity index (χ2v) is 8.56. The van der Waals surface area contributed by atoms with Crippen LogP contribution in [0, 0.1) is 12.8 Å². The number of rotatable bonds is 3. The van der Waals surface area contributed by atoms with Gasteiger partial charge in [0.25, 0.3) is 0 Å². The number of fused-ring (bicyclic) bond motifs is 3. The summed E-state index contributed by atoms with van der Waals surface area (Å²) in [6.07, 6.45) is 4.90. The first-order valence-corrected chi connectivity index (χ1v) is 10.1. The molecule has 4 aromatic rings. The van der Waals surface area contributed by atoms with Crippen molar-refractivity contribution in [2.24, 2.45) is 10.9 Å². The lowest BCUT2D eigenvalue weighted by molar-refractivity contribution is 0.667. The van der Waals surface area contributed by atoms with Crippen LogP contribution in [0.15, 0.2) is 41.8 Å². The number of aryl methyl sites for hydroxylation is 1. The molecule has 1 fully saturated rings. The van der Waals surface area contributed by atoms with E-state index in [1.807, 2.05) is 4.52 Å². The Bertz CT molecular complexity index is 1270. The summed E-state index contributed by atoms with van der Waals surface area (Å²) in [5.41, 5.74) is 9.84. The van der Waals surface area contributed by atoms with Crippen molar-refractivity contribution in [2.75, 3.05) is 6.54 Å². The van der Waals surface area contributed by atoms with Crippen LogP contribution in [-0.4, -0.2) is 31.8 Å². The molecular weight excluding hydrogens is 346 g/mol. The van der Waals surface area contributed by atoms with Gasteiger partial charge >= 0.3 is 0 Å². The van der Waals surface area contributed by atoms with Crippen LogP contribution in [-0.2, 0) is 0 Å². The molecule has 0 spiro atoms. The number of H-pyrrole nitrogens is 1. The topological polar surface area (TPSA) is 58.3 Å². The molecule has 5 nitrogen and oxygen atoms in total. The van der Waals surface area contributed by atoms with Gasteiger partial charge in [-0.2, -0.15) is 5.10 Å². The van der Waals surface area contributed by atoms with Crippen LogP contribution >= 0.6 is 0 Å². The Kier molecular flexibility index (Phi) is 3.17. The Labute approximate surface area is 163 Å². The van der Waals surface area contributed by atoms with E-state index in [1.165, 1.54) is 39.9 Å². The normalized spacial score (nSPS) is 20.9. The second-order valence-electron chi connectivity index (χ2n) is 8.56. The molecule has 2 aliphatic rings. The molecule has 2 unspecified atom stereocenters. The minimum Gasteiger partial charge on any atom is -0.354 e. The zero-order valence-electron chi connectivity index (χ0n) is 16.4. The molecule has 0 amide bonds. The highest BCUT2D eigenvalue weighted by molar-refractivity contribution is 6.03. The summed E-state index contributed by atoms with van der Waals surface area (Å²) >= 11 is 0. The molecule has 0 bridgehead atoms. The predicted molar refractivity (Wildman–Crippen MR) is 112 cm³/mol. The summed E-state index contributed by atoms with van der Waals surface area (Å²) < 4.78 is 1.87. The van der Waals surface area contributed by atoms with E-state index in [1.54, 1.807) is 6.33 Å². The Morgan fingerprint density at radius 2 is 2.07 bits per heavy atom. The van der Waals surface area contributed by atoms with Crippen LogP contribution in [0.1, 0.15) is 48.8 Å². The van der Waals surface area contributed by atoms with E-state index in [2.05, 4.69) is 71.3 Å². The minimum atomic E-state index is 0.419. The number of hydrogen-bond acceptors (Lipinski definition) is 3. The van der Waals surface area contributed by atoms with Gasteiger partial charge in [-0.15, -0.1) is 0 Å². The number of pyridine rings is 1. The Hall–Kier alpha value is -2.95. The molecule has 1 aromatic carbocycles. The zero-order chi connectivity index (χ0) is 19.0. The van der Waals surface area contributed by atoms with Gasteiger partial charge in [-0.25, -0.2) is 9.50 Å². The summed E-state index contributed by atoms with van der Waals surface area (Å²) in [5, 5.41) is 5.69. The number of hydrogen-bond donors (Lipinski definition) is 1. The van der Waals surface area contributed by atoms with E-state index in [-0.39, 0.29) is 0 Å². The highest BCUT2D eigenvalue weighted by Crippen LogP contribution is 2.46. The van der Waals surface area contributed by atoms with Crippen molar-refractivity contribution in [1.82, 2.24) is 19.6 Å². The van der Waals surface area contributed by atoms with Gasteiger partial charge in [-0.3, -0.25) is 4.99 Å². The number of benzene rings is 1. The first-order chi connectivity index (χ1) is 13.6. The Morgan fingerprint density at radius 1 is 1.18 bits per heavy atom. The zero-order valence-corrected chi connectivity index (χ0v) is 16.4. The Morgan fingerprint density at radius 3 is 2.82 bits per heavy atom. The lowest BCUT2D eigenvalue weighted by Crippen LogP contribution is -2.02. The smallest absolute Gasteiger partial charge is 0.158 e. The van der Waals surface area contributed by atoms with Crippen molar-refractivity contribution in [2.45, 2.75) is 39.0 Å². The quantitative estimate of drug-likeness (QED) is 0.560. The van der Waals surface area contributed by atoms with E-state index in [0.29, 0.717) is 17.8 Å². The fraction of sp³-hybridized carbons (Fsp3) is 0.348. The van der Waals surface area contributed by atoms with Crippen LogP contribution in [0.3, 0.4) is 0 Å². The highest BCUT2D eigenvalue weighted by Gasteiger charge is 2.44. The maximum Gasteiger partial charge on any atom is 0.158 e. The van der Waals surface area contributed by atoms with Crippen molar-refractivity contribution in [3.63, 3.8) is 0 Å². The summed E-state index contributed by atoms with van der Waals surface area (Å²) in [5.74, 6) is 1.70. The summed E-state index contributed by atoms with van der Waals surface area (Å²) in [4.78, 5) is 12.7. The molecule has 1 aliphatic heterocycles. The van der Waals surface area contributed by atoms with Crippen molar-refractivity contribution < 1.29 is 0 Å². The third-order valence-electron chi connectivity index (χ3n) is 6.39. The average molecular weight is 369 g/mol. The number of aromatic amines is 1. The average Bonchev–Trinajstić information content (AvgIpc) is 3.04. The van der Waals surface area contributed by atoms with E-state index in [4.69, 9.17) is 0 Å². The van der Waals surface area contributed by atoms with Crippen molar-refractivity contribution >= 4 is 22.3 Å². The first kappa shape index (κ1) is 16.0. The van der Waals surface area contributed by atoms with Gasteiger partial charge in [0.2, 0.25) is 0 Å². The molecule has 0 radical (unpaired) electrons. The summed E-state index contributed by atoms with van der Waals surface area (Å²) in [7, 11) is 0. The maximum atomic E-state index is 4.69. The van der Waals surface area contributed by atoms with Gasteiger partial charge in [0.05, 0.1) is 5.69 Å². The third kappa shape index (κ3) is 2.22. The molecule has 0 saturated heterocycles. The molecule has 5 heteroatoms. The number of nitrogens with zero attached hydrogens (tertiary/aromatic N) is 4. The molecule has 3 aromatic heterocycles. The van der Waals surface area contributed by atoms with Gasteiger partial charge in [0.15, 0.2) is 5.65 Å². The van der Waals surface area contributed by atoms with Crippen LogP contribution in [0.25, 0.3) is 27.8 Å². The van der Waals surface area contributed by atoms with Crippen LogP contribution in [0.2, 0.25) is 0 Å². The van der Waals surface area contributed by atoms with Crippen LogP contribution in [0.5, 0.6) is 0 Å². The molecule has 2 atom stereocenters. The minimum absolute atomic E-state index is 0.419. The van der Waals surface area contributed by atoms with E-state index >= 15 is 0 Å². The number of aliphatic imine (C=N–C) groups is 1. The molecule has 28 heavy (non-hydrogen) atoms. The molecule has 6 rings (SSSR count). The highest BCUT2D eigenvalue weighted by atomic mass is 15.3. The fourth-order valence-electron chi connectivity index (χ4n) is 4.92. The van der Waals surface area contributed by atoms with Gasteiger partial charge in [0, 0.05) is 46.8 Å². The molecule has 4 heterocycles. The predicted octanol–water partition coefficient (Wildman–Crippen LogP) is 4.87. The largest absolute Gasteiger partial charge is 0.354 e. The molecular formula is C23H23N5. The molecule has 1 N–H and O–H groups in total. The standard InChI is InChI=1S/C23H23N5/c1-12(2)21-17-7-14(18-9-24-20-8-16(18)20)4-5-19(17)27-22(21)15-6-13(3)23-25-11-26-28(23)10-15/h4-7,10-12,16,18,27H,8-9H2,1-3H3. The fourth-order valence-corrected chi connectivity index (χ4v) is 4.92. The van der Waals surface area contributed by atoms with Gasteiger partial charge in [-0.1, -0.05) is 19.9 Å². The molecule has 1 saturated carbocycles. The molecule has 140 valence electrons. The van der Waals surface area contributed by atoms with Gasteiger partial charge in [-0.05, 0) is 54.2 Å². The van der Waals surface area contributed by atoms with Gasteiger partial charge < -0.3 is 4.98 Å². The van der Waals surface area contributed by atoms with Crippen LogP contribution < -0.4 is 0 Å². The lowest BCUT2D eigenvalue weighted by Gasteiger charge is -2.13. The second kappa shape index (κ2) is 5.53. The number of nitrogens with one attached hydrogen (secondary N) is 1. The van der Waals surface area contributed by atoms with Crippen LogP contribution in [0.4, 0.5) is 0 Å². The van der Waals surface area contributed by atoms with Crippen molar-refractivity contribution in [1.29, 1.82) is 0 Å². The summed E-state index contributed by atoms with van der Waals surface area (Å²) in [6.45, 7) is 7.60. The lowest BCUT2D eigenvalue weighted by atomic mass is 9.91. The van der Waals surface area contributed by atoms with Gasteiger partial charge in [0.1, 0.15) is 6.33 Å². The van der Waals surface area contributed by atoms with E-state index in [0.717, 1.165) is 23.3 Å². The Balaban J connectivity index is 1.54. The summed E-state index contributed by atoms with van der Waals surface area (Å²) in [6, 6.07) is 9.16. The maximum absolute atomic E-state index is 4.69.